The number of furan rings is 1. The van der Waals surface area contributed by atoms with Crippen LogP contribution in [0.4, 0.5) is 0 Å². The van der Waals surface area contributed by atoms with Gasteiger partial charge in [0, 0.05) is 37.8 Å². The highest BCUT2D eigenvalue weighted by Gasteiger charge is 2.21. The Balaban J connectivity index is 1.91. The fraction of sp³-hybridized carbons (Fsp3) is 0.750. The van der Waals surface area contributed by atoms with E-state index in [1.807, 2.05) is 0 Å². The van der Waals surface area contributed by atoms with Gasteiger partial charge in [-0.3, -0.25) is 4.90 Å². The molecule has 4 nitrogen and oxygen atoms in total. The normalized spacial score (nSPS) is 15.5. The molecule has 0 saturated heterocycles. The van der Waals surface area contributed by atoms with Crippen molar-refractivity contribution in [3.63, 3.8) is 0 Å². The molecule has 20 heavy (non-hydrogen) atoms. The minimum absolute atomic E-state index is 0.489. The second-order valence-electron chi connectivity index (χ2n) is 6.01. The van der Waals surface area contributed by atoms with Crippen LogP contribution in [0.1, 0.15) is 43.8 Å². The van der Waals surface area contributed by atoms with Gasteiger partial charge < -0.3 is 14.5 Å². The Bertz CT molecular complexity index is 411. The zero-order chi connectivity index (χ0) is 14.5. The lowest BCUT2D eigenvalue weighted by atomic mass is 10.2. The summed E-state index contributed by atoms with van der Waals surface area (Å²) in [6.45, 7) is 9.95. The van der Waals surface area contributed by atoms with Crippen molar-refractivity contribution in [2.24, 2.45) is 0 Å². The van der Waals surface area contributed by atoms with Crippen LogP contribution in [0.3, 0.4) is 0 Å². The largest absolute Gasteiger partial charge is 0.465 e. The molecule has 2 rings (SSSR count). The van der Waals surface area contributed by atoms with E-state index in [4.69, 9.17) is 9.15 Å². The van der Waals surface area contributed by atoms with Crippen molar-refractivity contribution in [2.75, 3.05) is 20.3 Å². The predicted octanol–water partition coefficient (Wildman–Crippen LogP) is 2.70. The molecule has 0 atom stereocenters. The minimum Gasteiger partial charge on any atom is -0.465 e. The highest BCUT2D eigenvalue weighted by Crippen LogP contribution is 2.22. The quantitative estimate of drug-likeness (QED) is 0.755. The van der Waals surface area contributed by atoms with Gasteiger partial charge in [-0.2, -0.15) is 0 Å². The second kappa shape index (κ2) is 7.25. The molecule has 114 valence electrons. The number of nitrogens with zero attached hydrogens (tertiary/aromatic N) is 1. The zero-order valence-electron chi connectivity index (χ0n) is 13.2. The van der Waals surface area contributed by atoms with Crippen LogP contribution in [-0.4, -0.2) is 37.2 Å². The fourth-order valence-corrected chi connectivity index (χ4v) is 2.31. The summed E-state index contributed by atoms with van der Waals surface area (Å²) >= 11 is 0. The lowest BCUT2D eigenvalue weighted by Crippen LogP contribution is -2.33. The standard InChI is InChI=1S/C16H28N2O2/c1-12(2)18(7-8-19-4)11-16-9-14(13(3)20-16)10-17-15-5-6-15/h9,12,15,17H,5-8,10-11H2,1-4H3. The van der Waals surface area contributed by atoms with Crippen LogP contribution in [0.5, 0.6) is 0 Å². The first kappa shape index (κ1) is 15.5. The van der Waals surface area contributed by atoms with Crippen LogP contribution < -0.4 is 5.32 Å². The summed E-state index contributed by atoms with van der Waals surface area (Å²) in [4.78, 5) is 2.37. The number of methoxy groups -OCH3 is 1. The molecule has 0 radical (unpaired) electrons. The molecule has 0 bridgehead atoms. The molecule has 1 saturated carbocycles. The van der Waals surface area contributed by atoms with Gasteiger partial charge in [-0.25, -0.2) is 0 Å². The predicted molar refractivity (Wildman–Crippen MR) is 80.7 cm³/mol. The molecule has 1 aromatic heterocycles. The fourth-order valence-electron chi connectivity index (χ4n) is 2.31. The first-order valence-corrected chi connectivity index (χ1v) is 7.64. The number of aryl methyl sites for hydroxylation is 1. The van der Waals surface area contributed by atoms with Gasteiger partial charge in [0.15, 0.2) is 0 Å². The Hall–Kier alpha value is -0.840. The third kappa shape index (κ3) is 4.62. The van der Waals surface area contributed by atoms with Gasteiger partial charge in [0.1, 0.15) is 11.5 Å². The molecule has 1 aliphatic carbocycles. The van der Waals surface area contributed by atoms with Crippen LogP contribution >= 0.6 is 0 Å². The Morgan fingerprint density at radius 3 is 2.80 bits per heavy atom. The molecule has 4 heteroatoms. The van der Waals surface area contributed by atoms with Crippen LogP contribution in [0.15, 0.2) is 10.5 Å². The molecule has 1 aromatic rings. The van der Waals surface area contributed by atoms with Crippen LogP contribution in [0.25, 0.3) is 0 Å². The number of nitrogens with one attached hydrogen (secondary N) is 1. The highest BCUT2D eigenvalue weighted by atomic mass is 16.5. The Morgan fingerprint density at radius 1 is 1.45 bits per heavy atom. The van der Waals surface area contributed by atoms with E-state index in [0.29, 0.717) is 6.04 Å². The van der Waals surface area contributed by atoms with E-state index in [0.717, 1.165) is 43.8 Å². The summed E-state index contributed by atoms with van der Waals surface area (Å²) in [7, 11) is 1.75. The van der Waals surface area contributed by atoms with Crippen molar-refractivity contribution in [2.45, 2.75) is 58.8 Å². The molecule has 0 spiro atoms. The number of rotatable bonds is 9. The van der Waals surface area contributed by atoms with Crippen LogP contribution in [0, 0.1) is 6.92 Å². The van der Waals surface area contributed by atoms with E-state index in [1.165, 1.54) is 18.4 Å². The van der Waals surface area contributed by atoms with Crippen molar-refractivity contribution >= 4 is 0 Å². The van der Waals surface area contributed by atoms with Crippen LogP contribution in [-0.2, 0) is 17.8 Å². The van der Waals surface area contributed by atoms with E-state index in [1.54, 1.807) is 7.11 Å². The van der Waals surface area contributed by atoms with E-state index in [9.17, 15) is 0 Å². The van der Waals surface area contributed by atoms with E-state index in [2.05, 4.69) is 37.1 Å². The Morgan fingerprint density at radius 2 is 2.20 bits per heavy atom. The van der Waals surface area contributed by atoms with Gasteiger partial charge in [0.2, 0.25) is 0 Å². The van der Waals surface area contributed by atoms with Crippen molar-refractivity contribution in [3.05, 3.63) is 23.2 Å². The molecule has 1 N–H and O–H groups in total. The van der Waals surface area contributed by atoms with Gasteiger partial charge in [0.25, 0.3) is 0 Å². The molecular weight excluding hydrogens is 252 g/mol. The summed E-state index contributed by atoms with van der Waals surface area (Å²) < 4.78 is 11.1. The second-order valence-corrected chi connectivity index (χ2v) is 6.01. The maximum absolute atomic E-state index is 5.91. The number of hydrogen-bond donors (Lipinski definition) is 1. The van der Waals surface area contributed by atoms with Crippen molar-refractivity contribution in [3.8, 4) is 0 Å². The number of ether oxygens (including phenoxy) is 1. The molecule has 0 amide bonds. The molecule has 0 aliphatic heterocycles. The van der Waals surface area contributed by atoms with Gasteiger partial charge in [-0.05, 0) is 39.7 Å². The highest BCUT2D eigenvalue weighted by molar-refractivity contribution is 5.21. The van der Waals surface area contributed by atoms with Gasteiger partial charge >= 0.3 is 0 Å². The van der Waals surface area contributed by atoms with Gasteiger partial charge in [-0.1, -0.05) is 0 Å². The molecule has 0 unspecified atom stereocenters. The Kier molecular flexibility index (Phi) is 5.64. The van der Waals surface area contributed by atoms with E-state index < -0.39 is 0 Å². The lowest BCUT2D eigenvalue weighted by molar-refractivity contribution is 0.119. The van der Waals surface area contributed by atoms with Gasteiger partial charge in [0.05, 0.1) is 13.2 Å². The summed E-state index contributed by atoms with van der Waals surface area (Å²) in [6, 6.07) is 3.43. The van der Waals surface area contributed by atoms with Crippen LogP contribution in [0.2, 0.25) is 0 Å². The molecule has 1 aliphatic rings. The lowest BCUT2D eigenvalue weighted by Gasteiger charge is -2.24. The maximum Gasteiger partial charge on any atom is 0.118 e. The first-order chi connectivity index (χ1) is 9.60. The Labute approximate surface area is 122 Å². The molecular formula is C16H28N2O2. The monoisotopic (exact) mass is 280 g/mol. The summed E-state index contributed by atoms with van der Waals surface area (Å²) in [5.74, 6) is 2.10. The summed E-state index contributed by atoms with van der Waals surface area (Å²) in [5, 5.41) is 3.54. The third-order valence-corrected chi connectivity index (χ3v) is 3.90. The van der Waals surface area contributed by atoms with E-state index >= 15 is 0 Å². The topological polar surface area (TPSA) is 37.6 Å². The first-order valence-electron chi connectivity index (χ1n) is 7.64. The average Bonchev–Trinajstić information content (AvgIpc) is 3.16. The molecule has 0 aromatic carbocycles. The average molecular weight is 280 g/mol. The zero-order valence-corrected chi connectivity index (χ0v) is 13.2. The van der Waals surface area contributed by atoms with Crippen molar-refractivity contribution in [1.82, 2.24) is 10.2 Å². The van der Waals surface area contributed by atoms with Crippen molar-refractivity contribution in [1.29, 1.82) is 0 Å². The smallest absolute Gasteiger partial charge is 0.118 e. The summed E-state index contributed by atoms with van der Waals surface area (Å²) in [6.07, 6.45) is 2.64. The van der Waals surface area contributed by atoms with Crippen molar-refractivity contribution < 1.29 is 9.15 Å². The minimum atomic E-state index is 0.489. The number of hydrogen-bond acceptors (Lipinski definition) is 4. The summed E-state index contributed by atoms with van der Waals surface area (Å²) in [5.41, 5.74) is 1.29. The molecule has 1 heterocycles. The third-order valence-electron chi connectivity index (χ3n) is 3.90. The maximum atomic E-state index is 5.91. The van der Waals surface area contributed by atoms with Gasteiger partial charge in [-0.15, -0.1) is 0 Å². The SMILES string of the molecule is COCCN(Cc1cc(CNC2CC2)c(C)o1)C(C)C. The van der Waals surface area contributed by atoms with E-state index in [-0.39, 0.29) is 0 Å². The molecule has 1 fully saturated rings.